The van der Waals surface area contributed by atoms with E-state index >= 15 is 0 Å². The molecule has 0 spiro atoms. The predicted octanol–water partition coefficient (Wildman–Crippen LogP) is 3.40. The molecule has 0 radical (unpaired) electrons. The summed E-state index contributed by atoms with van der Waals surface area (Å²) in [6, 6.07) is 18.8. The van der Waals surface area contributed by atoms with E-state index in [0.717, 1.165) is 11.1 Å². The molecule has 0 aromatic heterocycles. The lowest BCUT2D eigenvalue weighted by Crippen LogP contribution is -2.38. The average Bonchev–Trinajstić information content (AvgIpc) is 2.59. The number of esters is 1. The first-order valence-corrected chi connectivity index (χ1v) is 7.52. The van der Waals surface area contributed by atoms with Gasteiger partial charge < -0.3 is 9.84 Å². The SMILES string of the molecule is COC(=O)C(CCCC(=O)O)(c1ccccc1)c1ccccc1. The van der Waals surface area contributed by atoms with Crippen LogP contribution in [-0.2, 0) is 19.7 Å². The van der Waals surface area contributed by atoms with E-state index in [0.29, 0.717) is 12.8 Å². The lowest BCUT2D eigenvalue weighted by Gasteiger charge is -2.32. The van der Waals surface area contributed by atoms with Crippen molar-refractivity contribution in [2.75, 3.05) is 7.11 Å². The highest BCUT2D eigenvalue weighted by molar-refractivity contribution is 5.87. The Hall–Kier alpha value is -2.62. The van der Waals surface area contributed by atoms with Gasteiger partial charge in [0, 0.05) is 6.42 Å². The predicted molar refractivity (Wildman–Crippen MR) is 87.2 cm³/mol. The Kier molecular flexibility index (Phi) is 5.52. The average molecular weight is 312 g/mol. The van der Waals surface area contributed by atoms with E-state index in [1.54, 1.807) is 0 Å². The van der Waals surface area contributed by atoms with E-state index in [9.17, 15) is 9.59 Å². The molecule has 2 aromatic carbocycles. The third kappa shape index (κ3) is 3.59. The molecule has 0 unspecified atom stereocenters. The molecule has 0 amide bonds. The van der Waals surface area contributed by atoms with Crippen molar-refractivity contribution in [2.45, 2.75) is 24.7 Å². The maximum atomic E-state index is 12.7. The van der Waals surface area contributed by atoms with Crippen LogP contribution in [-0.4, -0.2) is 24.2 Å². The Morgan fingerprint density at radius 2 is 1.43 bits per heavy atom. The highest BCUT2D eigenvalue weighted by Crippen LogP contribution is 2.38. The van der Waals surface area contributed by atoms with Gasteiger partial charge in [-0.15, -0.1) is 0 Å². The number of hydrogen-bond donors (Lipinski definition) is 1. The van der Waals surface area contributed by atoms with Gasteiger partial charge in [-0.3, -0.25) is 9.59 Å². The number of methoxy groups -OCH3 is 1. The zero-order valence-corrected chi connectivity index (χ0v) is 13.1. The summed E-state index contributed by atoms with van der Waals surface area (Å²) in [5.41, 5.74) is 0.624. The Balaban J connectivity index is 2.54. The number of ether oxygens (including phenoxy) is 1. The number of hydrogen-bond acceptors (Lipinski definition) is 3. The highest BCUT2D eigenvalue weighted by atomic mass is 16.5. The molecule has 0 aliphatic heterocycles. The van der Waals surface area contributed by atoms with E-state index in [2.05, 4.69) is 0 Å². The molecule has 0 atom stereocenters. The van der Waals surface area contributed by atoms with Crippen molar-refractivity contribution in [1.29, 1.82) is 0 Å². The maximum absolute atomic E-state index is 12.7. The lowest BCUT2D eigenvalue weighted by molar-refractivity contribution is -0.146. The number of benzene rings is 2. The fraction of sp³-hybridized carbons (Fsp3) is 0.263. The summed E-state index contributed by atoms with van der Waals surface area (Å²) in [5, 5.41) is 8.93. The Morgan fingerprint density at radius 3 is 1.83 bits per heavy atom. The van der Waals surface area contributed by atoms with Gasteiger partial charge in [0.2, 0.25) is 0 Å². The van der Waals surface area contributed by atoms with Crippen molar-refractivity contribution in [2.24, 2.45) is 0 Å². The van der Waals surface area contributed by atoms with Gasteiger partial charge in [-0.25, -0.2) is 0 Å². The minimum absolute atomic E-state index is 0.0123. The van der Waals surface area contributed by atoms with Crippen LogP contribution in [0.15, 0.2) is 60.7 Å². The van der Waals surface area contributed by atoms with Crippen LogP contribution in [0.1, 0.15) is 30.4 Å². The summed E-state index contributed by atoms with van der Waals surface area (Å²) in [5.74, 6) is -1.25. The fourth-order valence-corrected chi connectivity index (χ4v) is 2.92. The van der Waals surface area contributed by atoms with Crippen molar-refractivity contribution in [3.63, 3.8) is 0 Å². The van der Waals surface area contributed by atoms with E-state index in [4.69, 9.17) is 9.84 Å². The largest absolute Gasteiger partial charge is 0.481 e. The second-order valence-electron chi connectivity index (χ2n) is 5.38. The standard InChI is InChI=1S/C19H20O4/c1-23-18(22)19(14-8-13-17(20)21,15-9-4-2-5-10-15)16-11-6-3-7-12-16/h2-7,9-12H,8,13-14H2,1H3,(H,20,21). The van der Waals surface area contributed by atoms with Gasteiger partial charge in [0.1, 0.15) is 5.41 Å². The first-order chi connectivity index (χ1) is 11.1. The van der Waals surface area contributed by atoms with Gasteiger partial charge in [-0.05, 0) is 24.0 Å². The number of carbonyl (C=O) groups excluding carboxylic acids is 1. The summed E-state index contributed by atoms with van der Waals surface area (Å²) >= 11 is 0. The van der Waals surface area contributed by atoms with Crippen molar-refractivity contribution in [3.05, 3.63) is 71.8 Å². The zero-order valence-electron chi connectivity index (χ0n) is 13.1. The van der Waals surface area contributed by atoms with Crippen LogP contribution in [0.25, 0.3) is 0 Å². The maximum Gasteiger partial charge on any atom is 0.320 e. The van der Waals surface area contributed by atoms with Gasteiger partial charge in [0.05, 0.1) is 7.11 Å². The molecule has 2 rings (SSSR count). The number of carboxylic acid groups (broad SMARTS) is 1. The van der Waals surface area contributed by atoms with E-state index in [-0.39, 0.29) is 12.4 Å². The van der Waals surface area contributed by atoms with Gasteiger partial charge in [-0.1, -0.05) is 60.7 Å². The molecular weight excluding hydrogens is 292 g/mol. The van der Waals surface area contributed by atoms with Crippen LogP contribution in [0.4, 0.5) is 0 Å². The minimum atomic E-state index is -0.993. The molecule has 0 fully saturated rings. The minimum Gasteiger partial charge on any atom is -0.481 e. The summed E-state index contributed by atoms with van der Waals surface area (Å²) in [6.07, 6.45) is 0.770. The summed E-state index contributed by atoms with van der Waals surface area (Å²) in [6.45, 7) is 0. The second kappa shape index (κ2) is 7.58. The van der Waals surface area contributed by atoms with Crippen molar-refractivity contribution in [1.82, 2.24) is 0 Å². The molecule has 4 heteroatoms. The molecular formula is C19H20O4. The number of aliphatic carboxylic acids is 1. The summed E-state index contributed by atoms with van der Waals surface area (Å²) in [7, 11) is 1.36. The van der Waals surface area contributed by atoms with Crippen molar-refractivity contribution in [3.8, 4) is 0 Å². The van der Waals surface area contributed by atoms with Crippen LogP contribution in [0.2, 0.25) is 0 Å². The highest BCUT2D eigenvalue weighted by Gasteiger charge is 2.42. The van der Waals surface area contributed by atoms with Gasteiger partial charge >= 0.3 is 11.9 Å². The van der Waals surface area contributed by atoms with Gasteiger partial charge in [-0.2, -0.15) is 0 Å². The molecule has 0 saturated heterocycles. The topological polar surface area (TPSA) is 63.6 Å². The normalized spacial score (nSPS) is 11.0. The molecule has 0 heterocycles. The third-order valence-electron chi connectivity index (χ3n) is 4.01. The van der Waals surface area contributed by atoms with Gasteiger partial charge in [0.25, 0.3) is 0 Å². The first-order valence-electron chi connectivity index (χ1n) is 7.52. The van der Waals surface area contributed by atoms with Crippen LogP contribution >= 0.6 is 0 Å². The zero-order chi connectivity index (χ0) is 16.7. The smallest absolute Gasteiger partial charge is 0.320 e. The Morgan fingerprint density at radius 1 is 0.957 bits per heavy atom. The molecule has 0 aliphatic rings. The molecule has 1 N–H and O–H groups in total. The quantitative estimate of drug-likeness (QED) is 0.796. The number of carbonyl (C=O) groups is 2. The van der Waals surface area contributed by atoms with Crippen LogP contribution in [0, 0.1) is 0 Å². The van der Waals surface area contributed by atoms with Crippen LogP contribution < -0.4 is 0 Å². The summed E-state index contributed by atoms with van der Waals surface area (Å²) in [4.78, 5) is 23.6. The van der Waals surface area contributed by atoms with Crippen molar-refractivity contribution < 1.29 is 19.4 Å². The first kappa shape index (κ1) is 16.7. The second-order valence-corrected chi connectivity index (χ2v) is 5.38. The summed E-state index contributed by atoms with van der Waals surface area (Å²) < 4.78 is 5.10. The molecule has 4 nitrogen and oxygen atoms in total. The third-order valence-corrected chi connectivity index (χ3v) is 4.01. The lowest BCUT2D eigenvalue weighted by atomic mass is 9.71. The fourth-order valence-electron chi connectivity index (χ4n) is 2.92. The molecule has 23 heavy (non-hydrogen) atoms. The van der Waals surface area contributed by atoms with E-state index in [1.807, 2.05) is 60.7 Å². The molecule has 0 aliphatic carbocycles. The van der Waals surface area contributed by atoms with Crippen molar-refractivity contribution >= 4 is 11.9 Å². The van der Waals surface area contributed by atoms with Crippen LogP contribution in [0.3, 0.4) is 0 Å². The molecule has 0 saturated carbocycles. The number of rotatable bonds is 7. The Bertz CT molecular complexity index is 610. The monoisotopic (exact) mass is 312 g/mol. The molecule has 120 valence electrons. The number of carboxylic acids is 1. The van der Waals surface area contributed by atoms with Crippen LogP contribution in [0.5, 0.6) is 0 Å². The van der Waals surface area contributed by atoms with Gasteiger partial charge in [0.15, 0.2) is 0 Å². The van der Waals surface area contributed by atoms with E-state index in [1.165, 1.54) is 7.11 Å². The molecule has 2 aromatic rings. The Labute approximate surface area is 135 Å². The van der Waals surface area contributed by atoms with E-state index < -0.39 is 11.4 Å². The molecule has 0 bridgehead atoms.